The molecule has 1 unspecified atom stereocenters. The van der Waals surface area contributed by atoms with E-state index >= 15 is 0 Å². The van der Waals surface area contributed by atoms with Crippen LogP contribution in [-0.4, -0.2) is 27.9 Å². The molecule has 4 nitrogen and oxygen atoms in total. The van der Waals surface area contributed by atoms with Gasteiger partial charge < -0.3 is 10.0 Å². The number of benzene rings is 1. The van der Waals surface area contributed by atoms with Crippen molar-refractivity contribution in [3.05, 3.63) is 35.6 Å². The molecule has 1 aliphatic rings. The maximum Gasteiger partial charge on any atom is 0.334 e. The normalized spacial score (nSPS) is 17.4. The second kappa shape index (κ2) is 5.23. The zero-order valence-electron chi connectivity index (χ0n) is 11.6. The molecule has 0 bridgehead atoms. The van der Waals surface area contributed by atoms with Crippen LogP contribution in [0.3, 0.4) is 0 Å². The van der Waals surface area contributed by atoms with Crippen LogP contribution in [0.15, 0.2) is 24.3 Å². The number of hydrogen-bond acceptors (Lipinski definition) is 2. The van der Waals surface area contributed by atoms with E-state index in [0.717, 1.165) is 12.8 Å². The molecule has 1 N–H and O–H groups in total. The van der Waals surface area contributed by atoms with Gasteiger partial charge in [-0.05, 0) is 37.0 Å². The highest BCUT2D eigenvalue weighted by Gasteiger charge is 2.51. The van der Waals surface area contributed by atoms with E-state index in [1.54, 1.807) is 13.0 Å². The molecule has 108 valence electrons. The molecule has 1 aromatic carbocycles. The summed E-state index contributed by atoms with van der Waals surface area (Å²) in [6.45, 7) is 3.07. The van der Waals surface area contributed by atoms with Gasteiger partial charge in [-0.25, -0.2) is 9.18 Å². The first-order chi connectivity index (χ1) is 9.43. The van der Waals surface area contributed by atoms with Gasteiger partial charge in [-0.1, -0.05) is 19.1 Å². The van der Waals surface area contributed by atoms with Crippen molar-refractivity contribution in [3.63, 3.8) is 0 Å². The summed E-state index contributed by atoms with van der Waals surface area (Å²) in [4.78, 5) is 25.3. The smallest absolute Gasteiger partial charge is 0.334 e. The Hall–Kier alpha value is -1.91. The third-order valence-corrected chi connectivity index (χ3v) is 3.83. The summed E-state index contributed by atoms with van der Waals surface area (Å²) in [5.74, 6) is -1.91. The molecule has 1 saturated carbocycles. The fourth-order valence-electron chi connectivity index (χ4n) is 2.81. The Morgan fingerprint density at radius 3 is 2.50 bits per heavy atom. The molecule has 0 spiro atoms. The van der Waals surface area contributed by atoms with Crippen LogP contribution in [0.5, 0.6) is 0 Å². The van der Waals surface area contributed by atoms with Gasteiger partial charge in [-0.2, -0.15) is 0 Å². The minimum Gasteiger partial charge on any atom is -0.479 e. The van der Waals surface area contributed by atoms with Gasteiger partial charge in [0.05, 0.1) is 0 Å². The topological polar surface area (TPSA) is 57.6 Å². The van der Waals surface area contributed by atoms with Crippen molar-refractivity contribution >= 4 is 11.9 Å². The summed E-state index contributed by atoms with van der Waals surface area (Å²) in [5, 5.41) is 9.75. The van der Waals surface area contributed by atoms with Gasteiger partial charge in [0.2, 0.25) is 5.91 Å². The number of halogens is 1. The Kier molecular flexibility index (Phi) is 3.79. The van der Waals surface area contributed by atoms with Crippen LogP contribution in [0, 0.1) is 5.82 Å². The lowest BCUT2D eigenvalue weighted by Gasteiger charge is -2.40. The summed E-state index contributed by atoms with van der Waals surface area (Å²) >= 11 is 0. The Labute approximate surface area is 117 Å². The first kappa shape index (κ1) is 14.5. The Bertz CT molecular complexity index is 542. The van der Waals surface area contributed by atoms with E-state index in [9.17, 15) is 19.1 Å². The number of amides is 1. The zero-order chi connectivity index (χ0) is 14.9. The summed E-state index contributed by atoms with van der Waals surface area (Å²) in [5.41, 5.74) is -1.18. The molecule has 2 rings (SSSR count). The molecule has 1 atom stereocenters. The lowest BCUT2D eigenvalue weighted by Crippen LogP contribution is -2.54. The van der Waals surface area contributed by atoms with Crippen LogP contribution in [0.4, 0.5) is 4.39 Å². The Balaban J connectivity index is 2.60. The van der Waals surface area contributed by atoms with E-state index in [4.69, 9.17) is 0 Å². The van der Waals surface area contributed by atoms with Crippen LogP contribution in [0.25, 0.3) is 0 Å². The molecule has 1 aromatic rings. The molecular weight excluding hydrogens is 261 g/mol. The van der Waals surface area contributed by atoms with E-state index in [1.807, 2.05) is 0 Å². The molecule has 1 amide bonds. The third-order valence-electron chi connectivity index (χ3n) is 3.83. The van der Waals surface area contributed by atoms with Crippen molar-refractivity contribution in [2.45, 2.75) is 44.7 Å². The summed E-state index contributed by atoms with van der Waals surface area (Å²) < 4.78 is 13.5. The predicted molar refractivity (Wildman–Crippen MR) is 71.5 cm³/mol. The fraction of sp³-hybridized carbons (Fsp3) is 0.467. The minimum atomic E-state index is -1.49. The van der Waals surface area contributed by atoms with Gasteiger partial charge >= 0.3 is 5.97 Å². The molecule has 0 saturated heterocycles. The maximum absolute atomic E-state index is 13.5. The number of nitrogens with zero attached hydrogens (tertiary/aromatic N) is 1. The Morgan fingerprint density at radius 1 is 1.45 bits per heavy atom. The number of carbonyl (C=O) groups is 2. The largest absolute Gasteiger partial charge is 0.479 e. The average molecular weight is 279 g/mol. The standard InChI is InChI=1S/C15H18FNO3/c1-3-15(14(19)20,11-5-4-6-12(16)9-11)17(10(2)18)13-7-8-13/h4-6,9,13H,3,7-8H2,1-2H3,(H,19,20). The Morgan fingerprint density at radius 2 is 2.10 bits per heavy atom. The highest BCUT2D eigenvalue weighted by atomic mass is 19.1. The molecule has 0 radical (unpaired) electrons. The SMILES string of the molecule is CCC(C(=O)O)(c1cccc(F)c1)N(C(C)=O)C1CC1. The van der Waals surface area contributed by atoms with Crippen LogP contribution in [0.2, 0.25) is 0 Å². The molecule has 0 aliphatic heterocycles. The van der Waals surface area contributed by atoms with Crippen molar-refractivity contribution in [2.75, 3.05) is 0 Å². The number of carboxylic acids is 1. The molecule has 20 heavy (non-hydrogen) atoms. The van der Waals surface area contributed by atoms with E-state index in [2.05, 4.69) is 0 Å². The molecule has 1 fully saturated rings. The van der Waals surface area contributed by atoms with Crippen LogP contribution in [0.1, 0.15) is 38.7 Å². The zero-order valence-corrected chi connectivity index (χ0v) is 11.6. The van der Waals surface area contributed by atoms with Gasteiger partial charge in [-0.15, -0.1) is 0 Å². The predicted octanol–water partition coefficient (Wildman–Crippen LogP) is 2.53. The quantitative estimate of drug-likeness (QED) is 0.901. The number of aliphatic carboxylic acids is 1. The van der Waals surface area contributed by atoms with Crippen molar-refractivity contribution in [1.82, 2.24) is 4.90 Å². The van der Waals surface area contributed by atoms with Gasteiger partial charge in [0.1, 0.15) is 5.82 Å². The molecular formula is C15H18FNO3. The minimum absolute atomic E-state index is 0.0631. The lowest BCUT2D eigenvalue weighted by atomic mass is 9.84. The van der Waals surface area contributed by atoms with Crippen molar-refractivity contribution in [1.29, 1.82) is 0 Å². The number of rotatable bonds is 5. The monoisotopic (exact) mass is 279 g/mol. The highest BCUT2D eigenvalue weighted by molar-refractivity contribution is 5.87. The lowest BCUT2D eigenvalue weighted by molar-refractivity contribution is -0.161. The summed E-state index contributed by atoms with van der Waals surface area (Å²) in [6.07, 6.45) is 1.79. The summed E-state index contributed by atoms with van der Waals surface area (Å²) in [7, 11) is 0. The van der Waals surface area contributed by atoms with Crippen molar-refractivity contribution < 1.29 is 19.1 Å². The number of carbonyl (C=O) groups excluding carboxylic acids is 1. The van der Waals surface area contributed by atoms with Crippen LogP contribution < -0.4 is 0 Å². The van der Waals surface area contributed by atoms with Crippen LogP contribution in [-0.2, 0) is 15.1 Å². The van der Waals surface area contributed by atoms with Gasteiger partial charge in [-0.3, -0.25) is 4.79 Å². The van der Waals surface area contributed by atoms with Gasteiger partial charge in [0.25, 0.3) is 0 Å². The fourth-order valence-corrected chi connectivity index (χ4v) is 2.81. The number of hydrogen-bond donors (Lipinski definition) is 1. The first-order valence-corrected chi connectivity index (χ1v) is 6.72. The van der Waals surface area contributed by atoms with E-state index in [-0.39, 0.29) is 18.4 Å². The van der Waals surface area contributed by atoms with E-state index in [0.29, 0.717) is 5.56 Å². The van der Waals surface area contributed by atoms with E-state index in [1.165, 1.54) is 30.0 Å². The number of carboxylic acid groups (broad SMARTS) is 1. The summed E-state index contributed by atoms with van der Waals surface area (Å²) in [6, 6.07) is 5.45. The van der Waals surface area contributed by atoms with Gasteiger partial charge in [0.15, 0.2) is 5.54 Å². The maximum atomic E-state index is 13.5. The molecule has 5 heteroatoms. The highest BCUT2D eigenvalue weighted by Crippen LogP contribution is 2.41. The second-order valence-electron chi connectivity index (χ2n) is 5.15. The van der Waals surface area contributed by atoms with Crippen LogP contribution >= 0.6 is 0 Å². The van der Waals surface area contributed by atoms with E-state index < -0.39 is 17.3 Å². The first-order valence-electron chi connectivity index (χ1n) is 6.72. The molecule has 0 aromatic heterocycles. The third kappa shape index (κ3) is 2.28. The van der Waals surface area contributed by atoms with Crippen molar-refractivity contribution in [3.8, 4) is 0 Å². The van der Waals surface area contributed by atoms with Gasteiger partial charge in [0, 0.05) is 13.0 Å². The van der Waals surface area contributed by atoms with Crippen molar-refractivity contribution in [2.24, 2.45) is 0 Å². The molecule has 1 aliphatic carbocycles. The average Bonchev–Trinajstić information content (AvgIpc) is 3.18. The molecule has 0 heterocycles. The second-order valence-corrected chi connectivity index (χ2v) is 5.15.